The molecule has 2 heterocycles. The van der Waals surface area contributed by atoms with Gasteiger partial charge in [0.15, 0.2) is 4.64 Å². The maximum atomic E-state index is 10.1. The van der Waals surface area contributed by atoms with Gasteiger partial charge in [0.25, 0.3) is 0 Å². The molecule has 0 bridgehead atoms. The molecule has 2 aromatic heterocycles. The molecular formula is C11H14N4O3S. The van der Waals surface area contributed by atoms with Gasteiger partial charge in [-0.3, -0.25) is 0 Å². The Morgan fingerprint density at radius 3 is 2.84 bits per heavy atom. The Labute approximate surface area is 113 Å². The zero-order valence-electron chi connectivity index (χ0n) is 9.97. The molecule has 1 saturated carbocycles. The monoisotopic (exact) mass is 282 g/mol. The minimum absolute atomic E-state index is 0.154. The van der Waals surface area contributed by atoms with Gasteiger partial charge in [0.05, 0.1) is 24.8 Å². The number of aliphatic hydroxyl groups is 3. The van der Waals surface area contributed by atoms with E-state index in [1.165, 1.54) is 6.33 Å². The summed E-state index contributed by atoms with van der Waals surface area (Å²) in [5.74, 6) is -0.331. The van der Waals surface area contributed by atoms with Gasteiger partial charge in [0.2, 0.25) is 0 Å². The van der Waals surface area contributed by atoms with Crippen LogP contribution in [0.3, 0.4) is 0 Å². The molecule has 1 aliphatic carbocycles. The lowest BCUT2D eigenvalue weighted by Crippen LogP contribution is -2.30. The second-order valence-corrected chi connectivity index (χ2v) is 5.17. The number of hydrogen-bond donors (Lipinski definition) is 4. The van der Waals surface area contributed by atoms with Crippen molar-refractivity contribution in [3.8, 4) is 0 Å². The maximum Gasteiger partial charge on any atom is 0.157 e. The number of rotatable bonds is 2. The lowest BCUT2D eigenvalue weighted by atomic mass is 10.1. The quantitative estimate of drug-likeness (QED) is 0.567. The lowest BCUT2D eigenvalue weighted by molar-refractivity contribution is -0.00370. The molecule has 0 aromatic carbocycles. The van der Waals surface area contributed by atoms with Crippen LogP contribution in [-0.2, 0) is 0 Å². The Morgan fingerprint density at radius 2 is 2.16 bits per heavy atom. The molecule has 1 aliphatic rings. The first-order valence-corrected chi connectivity index (χ1v) is 6.41. The van der Waals surface area contributed by atoms with Crippen molar-refractivity contribution in [2.24, 2.45) is 5.92 Å². The van der Waals surface area contributed by atoms with Crippen LogP contribution < -0.4 is 0 Å². The van der Waals surface area contributed by atoms with E-state index in [2.05, 4.69) is 15.0 Å². The summed E-state index contributed by atoms with van der Waals surface area (Å²) >= 11 is 5.08. The highest BCUT2D eigenvalue weighted by Gasteiger charge is 2.42. The van der Waals surface area contributed by atoms with E-state index < -0.39 is 12.2 Å². The van der Waals surface area contributed by atoms with Crippen molar-refractivity contribution in [1.29, 1.82) is 0 Å². The van der Waals surface area contributed by atoms with E-state index >= 15 is 0 Å². The summed E-state index contributed by atoms with van der Waals surface area (Å²) in [5, 5.41) is 29.2. The highest BCUT2D eigenvalue weighted by molar-refractivity contribution is 7.71. The first-order valence-electron chi connectivity index (χ1n) is 6.00. The average Bonchev–Trinajstić information content (AvgIpc) is 2.94. The van der Waals surface area contributed by atoms with Crippen molar-refractivity contribution in [2.75, 3.05) is 6.61 Å². The molecule has 19 heavy (non-hydrogen) atoms. The molecule has 0 amide bonds. The van der Waals surface area contributed by atoms with E-state index in [9.17, 15) is 15.3 Å². The number of hydrogen-bond acceptors (Lipinski definition) is 6. The first kappa shape index (κ1) is 12.7. The molecule has 0 radical (unpaired) electrons. The number of H-pyrrole nitrogens is 1. The van der Waals surface area contributed by atoms with Gasteiger partial charge in [-0.25, -0.2) is 9.97 Å². The Morgan fingerprint density at radius 1 is 1.37 bits per heavy atom. The molecule has 2 aromatic rings. The Balaban J connectivity index is 2.06. The van der Waals surface area contributed by atoms with E-state index in [0.717, 1.165) is 0 Å². The van der Waals surface area contributed by atoms with E-state index in [-0.39, 0.29) is 18.6 Å². The third-order valence-electron chi connectivity index (χ3n) is 3.74. The van der Waals surface area contributed by atoms with Crippen molar-refractivity contribution in [1.82, 2.24) is 19.5 Å². The molecule has 4 atom stereocenters. The molecule has 1 fully saturated rings. The van der Waals surface area contributed by atoms with Crippen LogP contribution in [-0.4, -0.2) is 53.7 Å². The van der Waals surface area contributed by atoms with E-state index in [0.29, 0.717) is 22.2 Å². The molecule has 0 spiro atoms. The summed E-state index contributed by atoms with van der Waals surface area (Å²) in [7, 11) is 0. The fraction of sp³-hybridized carbons (Fsp3) is 0.545. The summed E-state index contributed by atoms with van der Waals surface area (Å²) in [4.78, 5) is 11.1. The minimum Gasteiger partial charge on any atom is -0.396 e. The van der Waals surface area contributed by atoms with Crippen molar-refractivity contribution in [3.63, 3.8) is 0 Å². The summed E-state index contributed by atoms with van der Waals surface area (Å²) in [5.41, 5.74) is 1.22. The van der Waals surface area contributed by atoms with E-state index in [4.69, 9.17) is 12.2 Å². The molecule has 7 nitrogen and oxygen atoms in total. The minimum atomic E-state index is -0.940. The van der Waals surface area contributed by atoms with Gasteiger partial charge in [-0.05, 0) is 6.42 Å². The van der Waals surface area contributed by atoms with Gasteiger partial charge in [0, 0.05) is 12.5 Å². The average molecular weight is 282 g/mol. The summed E-state index contributed by atoms with van der Waals surface area (Å²) in [6.07, 6.45) is 1.65. The van der Waals surface area contributed by atoms with Crippen LogP contribution in [0.1, 0.15) is 12.5 Å². The molecule has 0 unspecified atom stereocenters. The number of nitrogens with zero attached hydrogens (tertiary/aromatic N) is 3. The van der Waals surface area contributed by atoms with Gasteiger partial charge in [-0.15, -0.1) is 0 Å². The zero-order chi connectivity index (χ0) is 13.6. The van der Waals surface area contributed by atoms with Crippen LogP contribution in [0.15, 0.2) is 12.7 Å². The van der Waals surface area contributed by atoms with Crippen LogP contribution in [0.2, 0.25) is 0 Å². The highest BCUT2D eigenvalue weighted by atomic mass is 32.1. The third-order valence-corrected chi connectivity index (χ3v) is 4.04. The van der Waals surface area contributed by atoms with Crippen molar-refractivity contribution in [3.05, 3.63) is 17.3 Å². The second kappa shape index (κ2) is 4.64. The number of fused-ring (bicyclic) bond motifs is 1. The standard InChI is InChI=1S/C11H14N4O3S/c16-2-5-1-6(9(18)8(5)17)15-4-14-7-10(15)12-3-13-11(7)19/h3-6,8-9,16-18H,1-2H2,(H,12,13,19)/t5-,6-,8-,9-/m1/s1. The van der Waals surface area contributed by atoms with Gasteiger partial charge < -0.3 is 24.9 Å². The smallest absolute Gasteiger partial charge is 0.157 e. The lowest BCUT2D eigenvalue weighted by Gasteiger charge is -2.18. The second-order valence-electron chi connectivity index (χ2n) is 4.78. The van der Waals surface area contributed by atoms with Crippen LogP contribution >= 0.6 is 12.2 Å². The van der Waals surface area contributed by atoms with Crippen molar-refractivity contribution < 1.29 is 15.3 Å². The third kappa shape index (κ3) is 1.88. The highest BCUT2D eigenvalue weighted by Crippen LogP contribution is 2.36. The predicted octanol–water partition coefficient (Wildman–Crippen LogP) is -0.236. The number of aromatic amines is 1. The van der Waals surface area contributed by atoms with Gasteiger partial charge >= 0.3 is 0 Å². The van der Waals surface area contributed by atoms with Crippen LogP contribution in [0, 0.1) is 10.6 Å². The van der Waals surface area contributed by atoms with Crippen molar-refractivity contribution in [2.45, 2.75) is 24.7 Å². The van der Waals surface area contributed by atoms with Crippen LogP contribution in [0.25, 0.3) is 11.2 Å². The number of aromatic nitrogens is 4. The fourth-order valence-electron chi connectivity index (χ4n) is 2.68. The van der Waals surface area contributed by atoms with E-state index in [1.807, 2.05) is 0 Å². The van der Waals surface area contributed by atoms with Gasteiger partial charge in [-0.2, -0.15) is 0 Å². The normalized spacial score (nSPS) is 31.1. The maximum absolute atomic E-state index is 10.1. The zero-order valence-corrected chi connectivity index (χ0v) is 10.8. The van der Waals surface area contributed by atoms with Crippen molar-refractivity contribution >= 4 is 23.4 Å². The van der Waals surface area contributed by atoms with Gasteiger partial charge in [-0.1, -0.05) is 12.2 Å². The molecular weight excluding hydrogens is 268 g/mol. The topological polar surface area (TPSA) is 107 Å². The Hall–Kier alpha value is -1.35. The first-order chi connectivity index (χ1) is 9.13. The molecule has 0 saturated heterocycles. The van der Waals surface area contributed by atoms with Crippen LogP contribution in [0.5, 0.6) is 0 Å². The Kier molecular flexibility index (Phi) is 3.09. The fourth-order valence-corrected chi connectivity index (χ4v) is 2.88. The van der Waals surface area contributed by atoms with Gasteiger partial charge in [0.1, 0.15) is 17.3 Å². The molecule has 102 valence electrons. The predicted molar refractivity (Wildman–Crippen MR) is 69.0 cm³/mol. The summed E-state index contributed by atoms with van der Waals surface area (Å²) in [6.45, 7) is -0.154. The molecule has 3 rings (SSSR count). The number of nitrogens with one attached hydrogen (secondary N) is 1. The number of aliphatic hydroxyl groups excluding tert-OH is 3. The SMILES string of the molecule is OC[C@H]1C[C@@H](n2cnc3c(=S)nc[nH]c32)[C@@H](O)[C@@H]1O. The molecule has 4 N–H and O–H groups in total. The van der Waals surface area contributed by atoms with E-state index in [1.54, 1.807) is 10.9 Å². The Bertz CT molecular complexity index is 655. The van der Waals surface area contributed by atoms with Crippen LogP contribution in [0.4, 0.5) is 0 Å². The molecule has 0 aliphatic heterocycles. The summed E-state index contributed by atoms with van der Waals surface area (Å²) < 4.78 is 2.13. The molecule has 8 heteroatoms. The number of imidazole rings is 1. The largest absolute Gasteiger partial charge is 0.396 e. The summed E-state index contributed by atoms with van der Waals surface area (Å²) in [6, 6.07) is -0.342.